The summed E-state index contributed by atoms with van der Waals surface area (Å²) < 4.78 is 22.2. The maximum atomic E-state index is 6.20. The number of hydrogen-bond donors (Lipinski definition) is 2. The molecule has 1 atom stereocenters. The quantitative estimate of drug-likeness (QED) is 0.604. The normalized spacial score (nSPS) is 15.8. The summed E-state index contributed by atoms with van der Waals surface area (Å²) in [4.78, 5) is 11.4. The van der Waals surface area contributed by atoms with E-state index in [1.54, 1.807) is 26.4 Å². The third-order valence-corrected chi connectivity index (χ3v) is 5.26. The summed E-state index contributed by atoms with van der Waals surface area (Å²) in [5, 5.41) is 4.04. The van der Waals surface area contributed by atoms with Crippen LogP contribution in [-0.2, 0) is 4.74 Å². The van der Waals surface area contributed by atoms with Gasteiger partial charge in [-0.2, -0.15) is 4.98 Å². The van der Waals surface area contributed by atoms with Crippen LogP contribution in [0.15, 0.2) is 28.7 Å². The summed E-state index contributed by atoms with van der Waals surface area (Å²) in [6, 6.07) is 7.62. The zero-order chi connectivity index (χ0) is 21.1. The van der Waals surface area contributed by atoms with Crippen molar-refractivity contribution in [2.24, 2.45) is 0 Å². The molecule has 1 saturated heterocycles. The van der Waals surface area contributed by atoms with Crippen LogP contribution in [0.5, 0.6) is 11.5 Å². The number of benzene rings is 1. The van der Waals surface area contributed by atoms with E-state index in [1.807, 2.05) is 19.1 Å². The van der Waals surface area contributed by atoms with Crippen molar-refractivity contribution >= 4 is 22.7 Å². The minimum absolute atomic E-state index is 0.0357. The van der Waals surface area contributed by atoms with Crippen molar-refractivity contribution in [3.05, 3.63) is 35.8 Å². The first-order valence-electron chi connectivity index (χ1n) is 9.90. The van der Waals surface area contributed by atoms with Gasteiger partial charge >= 0.3 is 0 Å². The van der Waals surface area contributed by atoms with E-state index in [4.69, 9.17) is 24.4 Å². The SMILES string of the molecule is COc1cc2nc(NCC(c3ccc(C)o3)N3CCOCC3)nc(N)c2cc1OC. The molecule has 1 fully saturated rings. The number of aryl methyl sites for hydroxylation is 1. The number of hydrogen-bond acceptors (Lipinski definition) is 9. The van der Waals surface area contributed by atoms with E-state index in [0.717, 1.165) is 24.6 Å². The van der Waals surface area contributed by atoms with E-state index in [-0.39, 0.29) is 6.04 Å². The molecule has 1 aliphatic rings. The number of methoxy groups -OCH3 is 2. The Morgan fingerprint density at radius 3 is 2.53 bits per heavy atom. The fourth-order valence-electron chi connectivity index (χ4n) is 3.68. The van der Waals surface area contributed by atoms with Gasteiger partial charge in [0.05, 0.1) is 39.0 Å². The van der Waals surface area contributed by atoms with Crippen LogP contribution in [0.3, 0.4) is 0 Å². The molecule has 30 heavy (non-hydrogen) atoms. The maximum Gasteiger partial charge on any atom is 0.225 e. The largest absolute Gasteiger partial charge is 0.493 e. The van der Waals surface area contributed by atoms with E-state index in [2.05, 4.69) is 20.2 Å². The van der Waals surface area contributed by atoms with Gasteiger partial charge in [-0.05, 0) is 25.1 Å². The highest BCUT2D eigenvalue weighted by Gasteiger charge is 2.25. The molecule has 0 bridgehead atoms. The van der Waals surface area contributed by atoms with Crippen LogP contribution in [0, 0.1) is 6.92 Å². The first-order chi connectivity index (χ1) is 14.6. The highest BCUT2D eigenvalue weighted by atomic mass is 16.5. The van der Waals surface area contributed by atoms with Gasteiger partial charge < -0.3 is 29.7 Å². The van der Waals surface area contributed by atoms with Gasteiger partial charge in [0.15, 0.2) is 11.5 Å². The molecule has 4 rings (SSSR count). The van der Waals surface area contributed by atoms with Crippen LogP contribution in [-0.4, -0.2) is 61.9 Å². The fourth-order valence-corrected chi connectivity index (χ4v) is 3.68. The van der Waals surface area contributed by atoms with Gasteiger partial charge in [0.1, 0.15) is 17.3 Å². The van der Waals surface area contributed by atoms with Crippen molar-refractivity contribution in [1.29, 1.82) is 0 Å². The summed E-state index contributed by atoms with van der Waals surface area (Å²) in [6.07, 6.45) is 0. The van der Waals surface area contributed by atoms with Crippen molar-refractivity contribution in [2.75, 3.05) is 58.1 Å². The Kier molecular flexibility index (Phi) is 5.91. The number of anilines is 2. The summed E-state index contributed by atoms with van der Waals surface area (Å²) in [7, 11) is 3.17. The molecule has 0 saturated carbocycles. The number of nitrogen functional groups attached to an aromatic ring is 1. The molecule has 9 nitrogen and oxygen atoms in total. The topological polar surface area (TPSA) is 108 Å². The molecule has 160 valence electrons. The number of nitrogens with two attached hydrogens (primary N) is 1. The molecule has 0 spiro atoms. The van der Waals surface area contributed by atoms with Crippen molar-refractivity contribution in [1.82, 2.24) is 14.9 Å². The average molecular weight is 413 g/mol. The molecular weight excluding hydrogens is 386 g/mol. The molecule has 0 aliphatic carbocycles. The molecule has 0 radical (unpaired) electrons. The Labute approximate surface area is 175 Å². The standard InChI is InChI=1S/C21H27N5O4/c1-13-4-5-17(30-13)16(26-6-8-29-9-7-26)12-23-21-24-15-11-19(28-3)18(27-2)10-14(15)20(22)25-21/h4-5,10-11,16H,6-9,12H2,1-3H3,(H3,22,23,24,25). The maximum absolute atomic E-state index is 6.20. The number of aromatic nitrogens is 2. The third kappa shape index (κ3) is 4.12. The lowest BCUT2D eigenvalue weighted by Gasteiger charge is -2.33. The molecule has 1 unspecified atom stereocenters. The number of fused-ring (bicyclic) bond motifs is 1. The molecule has 9 heteroatoms. The van der Waals surface area contributed by atoms with Crippen molar-refractivity contribution in [2.45, 2.75) is 13.0 Å². The lowest BCUT2D eigenvalue weighted by Crippen LogP contribution is -2.41. The van der Waals surface area contributed by atoms with Gasteiger partial charge in [-0.1, -0.05) is 0 Å². The summed E-state index contributed by atoms with van der Waals surface area (Å²) in [5.74, 6) is 3.79. The average Bonchev–Trinajstić information content (AvgIpc) is 3.19. The molecular formula is C21H27N5O4. The second-order valence-corrected chi connectivity index (χ2v) is 7.15. The second kappa shape index (κ2) is 8.76. The fraction of sp³-hybridized carbons (Fsp3) is 0.429. The molecule has 3 N–H and O–H groups in total. The Balaban J connectivity index is 1.60. The third-order valence-electron chi connectivity index (χ3n) is 5.26. The Morgan fingerprint density at radius 2 is 1.87 bits per heavy atom. The highest BCUT2D eigenvalue weighted by molar-refractivity contribution is 5.91. The molecule has 1 aliphatic heterocycles. The van der Waals surface area contributed by atoms with E-state index in [0.29, 0.717) is 53.9 Å². The van der Waals surface area contributed by atoms with Gasteiger partial charge in [-0.3, -0.25) is 4.90 Å². The molecule has 3 aromatic rings. The summed E-state index contributed by atoms with van der Waals surface area (Å²) in [6.45, 7) is 5.61. The lowest BCUT2D eigenvalue weighted by atomic mass is 10.1. The van der Waals surface area contributed by atoms with Gasteiger partial charge in [-0.15, -0.1) is 0 Å². The van der Waals surface area contributed by atoms with Gasteiger partial charge in [0.2, 0.25) is 5.95 Å². The minimum atomic E-state index is 0.0357. The van der Waals surface area contributed by atoms with E-state index >= 15 is 0 Å². The van der Waals surface area contributed by atoms with Crippen molar-refractivity contribution in [3.63, 3.8) is 0 Å². The summed E-state index contributed by atoms with van der Waals surface area (Å²) >= 11 is 0. The van der Waals surface area contributed by atoms with Crippen LogP contribution in [0.4, 0.5) is 11.8 Å². The minimum Gasteiger partial charge on any atom is -0.493 e. The van der Waals surface area contributed by atoms with Gasteiger partial charge in [0.25, 0.3) is 0 Å². The van der Waals surface area contributed by atoms with Crippen LogP contribution < -0.4 is 20.5 Å². The Bertz CT molecular complexity index is 1020. The van der Waals surface area contributed by atoms with Gasteiger partial charge in [-0.25, -0.2) is 4.98 Å². The number of ether oxygens (including phenoxy) is 3. The first-order valence-corrected chi connectivity index (χ1v) is 9.90. The predicted octanol–water partition coefficient (Wildman–Crippen LogP) is 2.62. The molecule has 2 aromatic heterocycles. The summed E-state index contributed by atoms with van der Waals surface area (Å²) in [5.41, 5.74) is 6.88. The zero-order valence-electron chi connectivity index (χ0n) is 17.5. The van der Waals surface area contributed by atoms with Crippen molar-refractivity contribution < 1.29 is 18.6 Å². The van der Waals surface area contributed by atoms with Crippen LogP contribution >= 0.6 is 0 Å². The van der Waals surface area contributed by atoms with Crippen LogP contribution in [0.2, 0.25) is 0 Å². The predicted molar refractivity (Wildman–Crippen MR) is 114 cm³/mol. The molecule has 1 aromatic carbocycles. The van der Waals surface area contributed by atoms with Gasteiger partial charge in [0, 0.05) is 31.1 Å². The molecule has 3 heterocycles. The van der Waals surface area contributed by atoms with E-state index in [9.17, 15) is 0 Å². The van der Waals surface area contributed by atoms with E-state index in [1.165, 1.54) is 0 Å². The number of morpholine rings is 1. The number of furan rings is 1. The first kappa shape index (κ1) is 20.2. The lowest BCUT2D eigenvalue weighted by molar-refractivity contribution is 0.0143. The Hall–Kier alpha value is -3.04. The van der Waals surface area contributed by atoms with Crippen molar-refractivity contribution in [3.8, 4) is 11.5 Å². The number of rotatable bonds is 7. The second-order valence-electron chi connectivity index (χ2n) is 7.15. The number of nitrogens with zero attached hydrogens (tertiary/aromatic N) is 3. The Morgan fingerprint density at radius 1 is 1.13 bits per heavy atom. The smallest absolute Gasteiger partial charge is 0.225 e. The number of nitrogens with one attached hydrogen (secondary N) is 1. The monoisotopic (exact) mass is 413 g/mol. The zero-order valence-corrected chi connectivity index (χ0v) is 17.5. The van der Waals surface area contributed by atoms with Crippen LogP contribution in [0.25, 0.3) is 10.9 Å². The molecule has 0 amide bonds. The highest BCUT2D eigenvalue weighted by Crippen LogP contribution is 2.34. The van der Waals surface area contributed by atoms with Crippen LogP contribution in [0.1, 0.15) is 17.6 Å². The van der Waals surface area contributed by atoms with E-state index < -0.39 is 0 Å².